The zero-order chi connectivity index (χ0) is 23.9. The van der Waals surface area contributed by atoms with Crippen molar-refractivity contribution in [3.63, 3.8) is 0 Å². The van der Waals surface area contributed by atoms with E-state index in [4.69, 9.17) is 0 Å². The van der Waals surface area contributed by atoms with Crippen LogP contribution in [0.4, 0.5) is 0 Å². The number of aliphatic carboxylic acids is 3. The molecule has 183 valence electrons. The van der Waals surface area contributed by atoms with Gasteiger partial charge < -0.3 is 29.7 Å². The number of rotatable bonds is 15. The average molecular weight is 499 g/mol. The van der Waals surface area contributed by atoms with Gasteiger partial charge in [0.2, 0.25) is 0 Å². The Bertz CT molecular complexity index is 366. The molecular weight excluding hydrogens is 454 g/mol. The second kappa shape index (κ2) is 27.1. The van der Waals surface area contributed by atoms with Gasteiger partial charge in [0, 0.05) is 37.7 Å². The molecule has 0 aliphatic heterocycles. The van der Waals surface area contributed by atoms with Gasteiger partial charge in [-0.15, -0.1) is 0 Å². The van der Waals surface area contributed by atoms with Crippen molar-refractivity contribution in [1.29, 1.82) is 0 Å². The Morgan fingerprint density at radius 1 is 0.516 bits per heavy atom. The van der Waals surface area contributed by atoms with Crippen LogP contribution in [0.15, 0.2) is 0 Å². The van der Waals surface area contributed by atoms with Gasteiger partial charge in [-0.25, -0.2) is 0 Å². The maximum absolute atomic E-state index is 10.3. The Kier molecular flexibility index (Phi) is 32.6. The number of carboxylic acids is 3. The van der Waals surface area contributed by atoms with Crippen LogP contribution in [-0.2, 0) is 14.4 Å². The van der Waals surface area contributed by atoms with Crippen LogP contribution in [0.25, 0.3) is 0 Å². The van der Waals surface area contributed by atoms with E-state index in [-0.39, 0.29) is 37.5 Å². The summed E-state index contributed by atoms with van der Waals surface area (Å²) in [6, 6.07) is 0. The molecular formula is C24H45GaO6-3. The molecule has 6 nitrogen and oxygen atoms in total. The summed E-state index contributed by atoms with van der Waals surface area (Å²) in [5.74, 6) is -3.34. The molecule has 3 atom stereocenters. The van der Waals surface area contributed by atoms with E-state index in [2.05, 4.69) is 20.8 Å². The maximum Gasteiger partial charge on any atom is 0.0445 e. The molecule has 31 heavy (non-hydrogen) atoms. The smallest absolute Gasteiger partial charge is 0.0445 e. The first-order valence-corrected chi connectivity index (χ1v) is 11.8. The van der Waals surface area contributed by atoms with Crippen molar-refractivity contribution in [2.75, 3.05) is 0 Å². The zero-order valence-corrected chi connectivity index (χ0v) is 23.2. The van der Waals surface area contributed by atoms with Gasteiger partial charge in [-0.05, 0) is 56.3 Å². The van der Waals surface area contributed by atoms with Crippen molar-refractivity contribution in [2.45, 2.75) is 119 Å². The topological polar surface area (TPSA) is 120 Å². The van der Waals surface area contributed by atoms with E-state index in [1.165, 1.54) is 0 Å². The molecule has 0 aliphatic rings. The molecule has 0 N–H and O–H groups in total. The summed E-state index contributed by atoms with van der Waals surface area (Å²) >= 11 is 0. The summed E-state index contributed by atoms with van der Waals surface area (Å²) in [6.07, 6.45) is 10.6. The van der Waals surface area contributed by atoms with Gasteiger partial charge in [0.15, 0.2) is 0 Å². The minimum Gasteiger partial charge on any atom is -0.550 e. The van der Waals surface area contributed by atoms with Crippen LogP contribution in [0.3, 0.4) is 0 Å². The van der Waals surface area contributed by atoms with E-state index in [0.717, 1.165) is 57.8 Å². The third-order valence-electron chi connectivity index (χ3n) is 5.20. The molecule has 0 spiro atoms. The van der Waals surface area contributed by atoms with E-state index in [9.17, 15) is 29.7 Å². The molecule has 3 unspecified atom stereocenters. The van der Waals surface area contributed by atoms with Crippen molar-refractivity contribution >= 4 is 37.7 Å². The zero-order valence-electron chi connectivity index (χ0n) is 20.7. The van der Waals surface area contributed by atoms with Gasteiger partial charge in [0.1, 0.15) is 0 Å². The second-order valence-electron chi connectivity index (χ2n) is 7.70. The standard InChI is InChI=1S/3C8H16O2.Ga/c3*1-3-5-6-7(4-2)8(9)10;/h3*7H,3-6H2,1-2H3,(H,9,10);/p-3. The number of hydrogen-bond donors (Lipinski definition) is 0. The Labute approximate surface area is 203 Å². The number of unbranched alkanes of at least 4 members (excludes halogenated alkanes) is 3. The summed E-state index contributed by atoms with van der Waals surface area (Å²) in [5.41, 5.74) is 0. The van der Waals surface area contributed by atoms with Gasteiger partial charge in [-0.3, -0.25) is 0 Å². The number of carbonyl (C=O) groups excluding carboxylic acids is 3. The van der Waals surface area contributed by atoms with Crippen molar-refractivity contribution in [2.24, 2.45) is 17.8 Å². The summed E-state index contributed by atoms with van der Waals surface area (Å²) in [7, 11) is 0. The molecule has 0 rings (SSSR count). The fourth-order valence-electron chi connectivity index (χ4n) is 2.82. The van der Waals surface area contributed by atoms with Crippen LogP contribution in [0.5, 0.6) is 0 Å². The Balaban J connectivity index is -0.000000174. The molecule has 0 heterocycles. The van der Waals surface area contributed by atoms with Crippen LogP contribution >= 0.6 is 0 Å². The molecule has 0 amide bonds. The Morgan fingerprint density at radius 3 is 0.806 bits per heavy atom. The van der Waals surface area contributed by atoms with Crippen molar-refractivity contribution in [1.82, 2.24) is 0 Å². The van der Waals surface area contributed by atoms with Gasteiger partial charge in [-0.1, -0.05) is 80.1 Å². The molecule has 0 aliphatic carbocycles. The average Bonchev–Trinajstić information content (AvgIpc) is 2.70. The summed E-state index contributed by atoms with van der Waals surface area (Å²) < 4.78 is 0. The first-order chi connectivity index (χ1) is 14.2. The number of carbonyl (C=O) groups is 3. The summed E-state index contributed by atoms with van der Waals surface area (Å²) in [5, 5.41) is 31.0. The Morgan fingerprint density at radius 2 is 0.710 bits per heavy atom. The van der Waals surface area contributed by atoms with Gasteiger partial charge in [-0.2, -0.15) is 0 Å². The van der Waals surface area contributed by atoms with Crippen LogP contribution < -0.4 is 15.3 Å². The van der Waals surface area contributed by atoms with Crippen molar-refractivity contribution in [3.05, 3.63) is 0 Å². The molecule has 0 aromatic rings. The predicted molar refractivity (Wildman–Crippen MR) is 121 cm³/mol. The van der Waals surface area contributed by atoms with E-state index < -0.39 is 17.9 Å². The predicted octanol–water partition coefficient (Wildman–Crippen LogP) is 2.48. The molecule has 0 bridgehead atoms. The second-order valence-corrected chi connectivity index (χ2v) is 7.70. The normalized spacial score (nSPS) is 12.6. The van der Waals surface area contributed by atoms with E-state index in [1.54, 1.807) is 0 Å². The molecule has 0 fully saturated rings. The third kappa shape index (κ3) is 25.2. The van der Waals surface area contributed by atoms with Crippen molar-refractivity contribution in [3.8, 4) is 0 Å². The van der Waals surface area contributed by atoms with Crippen molar-refractivity contribution < 1.29 is 29.7 Å². The number of hydrogen-bond acceptors (Lipinski definition) is 6. The van der Waals surface area contributed by atoms with Gasteiger partial charge in [0.05, 0.1) is 0 Å². The summed E-state index contributed by atoms with van der Waals surface area (Å²) in [6.45, 7) is 11.8. The van der Waals surface area contributed by atoms with Crippen LogP contribution in [-0.4, -0.2) is 37.7 Å². The fourth-order valence-corrected chi connectivity index (χ4v) is 2.82. The molecule has 7 heteroatoms. The minimum absolute atomic E-state index is 0. The van der Waals surface area contributed by atoms with E-state index in [1.807, 2.05) is 20.8 Å². The van der Waals surface area contributed by atoms with Gasteiger partial charge in [0.25, 0.3) is 0 Å². The van der Waals surface area contributed by atoms with Gasteiger partial charge >= 0.3 is 0 Å². The SMILES string of the molecule is CCCCC(CC)C(=O)[O-].CCCCC(CC)C(=O)[O-].CCCCC(CC)C(=O)[O-].[Ga]. The third-order valence-corrected chi connectivity index (χ3v) is 5.20. The monoisotopic (exact) mass is 498 g/mol. The Hall–Kier alpha value is -0.954. The largest absolute Gasteiger partial charge is 0.550 e. The molecule has 0 aromatic heterocycles. The molecule has 0 saturated heterocycles. The van der Waals surface area contributed by atoms with Crippen LogP contribution in [0.1, 0.15) is 119 Å². The molecule has 0 saturated carbocycles. The molecule has 0 aromatic carbocycles. The first-order valence-electron chi connectivity index (χ1n) is 11.8. The molecule has 3 radical (unpaired) electrons. The quantitative estimate of drug-likeness (QED) is 0.319. The van der Waals surface area contributed by atoms with Crippen LogP contribution in [0, 0.1) is 17.8 Å². The fraction of sp³-hybridized carbons (Fsp3) is 0.875. The maximum atomic E-state index is 10.3. The number of carboxylic acid groups (broad SMARTS) is 3. The van der Waals surface area contributed by atoms with E-state index in [0.29, 0.717) is 19.3 Å². The van der Waals surface area contributed by atoms with Crippen LogP contribution in [0.2, 0.25) is 0 Å². The summed E-state index contributed by atoms with van der Waals surface area (Å²) in [4.78, 5) is 31.0. The first kappa shape index (κ1) is 37.4. The minimum atomic E-state index is -0.893. The van der Waals surface area contributed by atoms with E-state index >= 15 is 0 Å².